The van der Waals surface area contributed by atoms with E-state index in [-0.39, 0.29) is 28.0 Å². The lowest BCUT2D eigenvalue weighted by Crippen LogP contribution is -2.35. The maximum Gasteiger partial charge on any atom is 0.268 e. The van der Waals surface area contributed by atoms with E-state index in [0.717, 1.165) is 11.1 Å². The van der Waals surface area contributed by atoms with E-state index >= 15 is 0 Å². The van der Waals surface area contributed by atoms with Gasteiger partial charge in [0.05, 0.1) is 12.0 Å². The molecule has 1 aliphatic rings. The van der Waals surface area contributed by atoms with Crippen molar-refractivity contribution in [1.82, 2.24) is 4.72 Å². The molecule has 0 aliphatic heterocycles. The monoisotopic (exact) mass is 503 g/mol. The van der Waals surface area contributed by atoms with E-state index in [1.165, 1.54) is 61.5 Å². The first-order valence-electron chi connectivity index (χ1n) is 11.2. The molecule has 2 N–H and O–H groups in total. The van der Waals surface area contributed by atoms with E-state index in [0.29, 0.717) is 24.1 Å². The van der Waals surface area contributed by atoms with Crippen LogP contribution in [0.15, 0.2) is 77.2 Å². The molecule has 9 heteroatoms. The first-order chi connectivity index (χ1) is 17.2. The molecule has 0 saturated heterocycles. The third-order valence-electron chi connectivity index (χ3n) is 6.08. The van der Waals surface area contributed by atoms with Crippen LogP contribution in [0.4, 0.5) is 5.69 Å². The van der Waals surface area contributed by atoms with Crippen LogP contribution in [0.1, 0.15) is 16.7 Å². The van der Waals surface area contributed by atoms with Gasteiger partial charge in [-0.05, 0) is 72.0 Å². The molecule has 0 fully saturated rings. The van der Waals surface area contributed by atoms with Gasteiger partial charge < -0.3 is 14.7 Å². The zero-order chi connectivity index (χ0) is 25.9. The van der Waals surface area contributed by atoms with Crippen LogP contribution < -0.4 is 14.4 Å². The number of hydrogen-bond donors (Lipinski definition) is 2. The summed E-state index contributed by atoms with van der Waals surface area (Å²) in [4.78, 5) is 14.3. The number of benzene rings is 3. The van der Waals surface area contributed by atoms with Gasteiger partial charge in [-0.25, -0.2) is 13.1 Å². The highest BCUT2D eigenvalue weighted by Crippen LogP contribution is 2.28. The zero-order valence-electron chi connectivity index (χ0n) is 19.8. The van der Waals surface area contributed by atoms with Crippen LogP contribution in [0.25, 0.3) is 6.08 Å². The van der Waals surface area contributed by atoms with Crippen molar-refractivity contribution in [3.05, 3.63) is 89.0 Å². The summed E-state index contributed by atoms with van der Waals surface area (Å²) in [6, 6.07) is 20.0. The molecule has 0 spiro atoms. The summed E-state index contributed by atoms with van der Waals surface area (Å²) < 4.78 is 33.7. The summed E-state index contributed by atoms with van der Waals surface area (Å²) in [5.74, 6) is -0.408. The molecule has 4 rings (SSSR count). The van der Waals surface area contributed by atoms with Crippen molar-refractivity contribution in [2.45, 2.75) is 23.8 Å². The van der Waals surface area contributed by atoms with Crippen molar-refractivity contribution >= 4 is 27.7 Å². The summed E-state index contributed by atoms with van der Waals surface area (Å²) in [5, 5.41) is 19.3. The van der Waals surface area contributed by atoms with Crippen LogP contribution in [-0.2, 0) is 27.7 Å². The maximum atomic E-state index is 12.9. The average molecular weight is 504 g/mol. The van der Waals surface area contributed by atoms with Crippen LogP contribution in [-0.4, -0.2) is 39.6 Å². The number of amides is 1. The Morgan fingerprint density at radius 2 is 1.75 bits per heavy atom. The fourth-order valence-electron chi connectivity index (χ4n) is 4.17. The standard InChI is InChI=1S/C27H25N3O5S/c1-30(27(32)21(17-28)13-18-7-12-25(31)26(14-18)35-2)23-8-10-24(11-9-23)36(33,34)29-22-15-19-5-3-4-6-20(19)16-22/h3-14,22,29,31H,15-16H2,1-2H3. The Balaban J connectivity index is 1.47. The largest absolute Gasteiger partial charge is 0.504 e. The van der Waals surface area contributed by atoms with Crippen molar-refractivity contribution < 1.29 is 23.1 Å². The summed E-state index contributed by atoms with van der Waals surface area (Å²) in [6.07, 6.45) is 2.67. The lowest BCUT2D eigenvalue weighted by atomic mass is 10.1. The number of anilines is 1. The number of hydrogen-bond acceptors (Lipinski definition) is 6. The Labute approximate surface area is 210 Å². The number of likely N-dealkylation sites (N-methyl/N-ethyl adjacent to an activating group) is 1. The average Bonchev–Trinajstić information content (AvgIpc) is 3.29. The molecule has 1 aliphatic carbocycles. The number of fused-ring (bicyclic) bond motifs is 1. The second-order valence-corrected chi connectivity index (χ2v) is 10.2. The zero-order valence-corrected chi connectivity index (χ0v) is 20.6. The van der Waals surface area contributed by atoms with Gasteiger partial charge in [-0.3, -0.25) is 4.79 Å². The van der Waals surface area contributed by atoms with Gasteiger partial charge in [-0.15, -0.1) is 0 Å². The summed E-state index contributed by atoms with van der Waals surface area (Å²) >= 11 is 0. The van der Waals surface area contributed by atoms with Crippen LogP contribution in [0.5, 0.6) is 11.5 Å². The number of rotatable bonds is 7. The molecule has 0 heterocycles. The topological polar surface area (TPSA) is 120 Å². The van der Waals surface area contributed by atoms with E-state index in [2.05, 4.69) is 4.72 Å². The third kappa shape index (κ3) is 5.25. The van der Waals surface area contributed by atoms with Gasteiger partial charge in [-0.1, -0.05) is 30.3 Å². The normalized spacial score (nSPS) is 13.6. The Morgan fingerprint density at radius 1 is 1.11 bits per heavy atom. The van der Waals surface area contributed by atoms with Gasteiger partial charge in [0.15, 0.2) is 11.5 Å². The number of nitrogens with one attached hydrogen (secondary N) is 1. The highest BCUT2D eigenvalue weighted by molar-refractivity contribution is 7.89. The maximum absolute atomic E-state index is 12.9. The van der Waals surface area contributed by atoms with Crippen LogP contribution >= 0.6 is 0 Å². The Bertz CT molecular complexity index is 1450. The first kappa shape index (κ1) is 25.0. The number of methoxy groups -OCH3 is 1. The molecular formula is C27H25N3O5S. The van der Waals surface area contributed by atoms with E-state index < -0.39 is 15.9 Å². The van der Waals surface area contributed by atoms with E-state index in [4.69, 9.17) is 4.74 Å². The number of phenols is 1. The summed E-state index contributed by atoms with van der Waals surface area (Å²) in [5.41, 5.74) is 3.09. The molecule has 0 aromatic heterocycles. The van der Waals surface area contributed by atoms with Gasteiger partial charge in [0.2, 0.25) is 10.0 Å². The number of nitriles is 1. The number of carbonyl (C=O) groups excluding carboxylic acids is 1. The highest BCUT2D eigenvalue weighted by Gasteiger charge is 2.26. The summed E-state index contributed by atoms with van der Waals surface area (Å²) in [7, 11) is -0.841. The number of carbonyl (C=O) groups is 1. The van der Waals surface area contributed by atoms with Crippen molar-refractivity contribution in [2.24, 2.45) is 0 Å². The lowest BCUT2D eigenvalue weighted by molar-refractivity contribution is -0.114. The lowest BCUT2D eigenvalue weighted by Gasteiger charge is -2.18. The fraction of sp³-hybridized carbons (Fsp3) is 0.185. The molecule has 3 aromatic carbocycles. The van der Waals surface area contributed by atoms with E-state index in [9.17, 15) is 23.6 Å². The molecular weight excluding hydrogens is 478 g/mol. The molecule has 0 unspecified atom stereocenters. The first-order valence-corrected chi connectivity index (χ1v) is 12.7. The van der Waals surface area contributed by atoms with E-state index in [1.807, 2.05) is 30.3 Å². The number of sulfonamides is 1. The molecule has 0 saturated carbocycles. The molecule has 3 aromatic rings. The minimum Gasteiger partial charge on any atom is -0.504 e. The number of ether oxygens (including phenoxy) is 1. The fourth-order valence-corrected chi connectivity index (χ4v) is 5.40. The number of phenolic OH excluding ortho intramolecular Hbond substituents is 1. The molecule has 0 radical (unpaired) electrons. The molecule has 8 nitrogen and oxygen atoms in total. The van der Waals surface area contributed by atoms with Crippen molar-refractivity contribution in [3.63, 3.8) is 0 Å². The molecule has 1 amide bonds. The van der Waals surface area contributed by atoms with Crippen LogP contribution in [0.3, 0.4) is 0 Å². The minimum absolute atomic E-state index is 0.0568. The Hall–Kier alpha value is -4.13. The Morgan fingerprint density at radius 3 is 2.33 bits per heavy atom. The second-order valence-electron chi connectivity index (χ2n) is 8.45. The van der Waals surface area contributed by atoms with Crippen molar-refractivity contribution in [3.8, 4) is 17.6 Å². The highest BCUT2D eigenvalue weighted by atomic mass is 32.2. The number of aromatic hydroxyl groups is 1. The van der Waals surface area contributed by atoms with Crippen LogP contribution in [0.2, 0.25) is 0 Å². The van der Waals surface area contributed by atoms with Gasteiger partial charge >= 0.3 is 0 Å². The van der Waals surface area contributed by atoms with Gasteiger partial charge in [-0.2, -0.15) is 5.26 Å². The molecule has 184 valence electrons. The third-order valence-corrected chi connectivity index (χ3v) is 7.61. The summed E-state index contributed by atoms with van der Waals surface area (Å²) in [6.45, 7) is 0. The second kappa shape index (κ2) is 10.2. The molecule has 0 atom stereocenters. The van der Waals surface area contributed by atoms with Gasteiger partial charge in [0.1, 0.15) is 11.6 Å². The Kier molecular flexibility index (Phi) is 7.10. The van der Waals surface area contributed by atoms with E-state index in [1.54, 1.807) is 6.07 Å². The quantitative estimate of drug-likeness (QED) is 0.377. The number of nitrogens with zero attached hydrogens (tertiary/aromatic N) is 2. The molecule has 0 bridgehead atoms. The smallest absolute Gasteiger partial charge is 0.268 e. The SMILES string of the molecule is COc1cc(C=C(C#N)C(=O)N(C)c2ccc(S(=O)(=O)NC3Cc4ccccc4C3)cc2)ccc1O. The predicted molar refractivity (Wildman–Crippen MR) is 136 cm³/mol. The van der Waals surface area contributed by atoms with Gasteiger partial charge in [0, 0.05) is 18.8 Å². The predicted octanol–water partition coefficient (Wildman–Crippen LogP) is 3.42. The van der Waals surface area contributed by atoms with Crippen molar-refractivity contribution in [2.75, 3.05) is 19.1 Å². The van der Waals surface area contributed by atoms with Crippen molar-refractivity contribution in [1.29, 1.82) is 5.26 Å². The van der Waals surface area contributed by atoms with Crippen LogP contribution in [0, 0.1) is 11.3 Å². The minimum atomic E-state index is -3.75. The molecule has 36 heavy (non-hydrogen) atoms. The van der Waals surface area contributed by atoms with Gasteiger partial charge in [0.25, 0.3) is 5.91 Å².